The summed E-state index contributed by atoms with van der Waals surface area (Å²) in [5, 5.41) is 6.94. The van der Waals surface area contributed by atoms with Gasteiger partial charge in [-0.1, -0.05) is 6.42 Å². The van der Waals surface area contributed by atoms with Gasteiger partial charge in [-0.15, -0.1) is 0 Å². The van der Waals surface area contributed by atoms with Crippen molar-refractivity contribution >= 4 is 11.9 Å². The van der Waals surface area contributed by atoms with E-state index >= 15 is 0 Å². The Bertz CT molecular complexity index is 542. The number of guanidine groups is 1. The minimum Gasteiger partial charge on any atom is -0.373 e. The Morgan fingerprint density at radius 1 is 1.15 bits per heavy atom. The molecule has 2 bridgehead atoms. The largest absolute Gasteiger partial charge is 0.373 e. The third-order valence-electron chi connectivity index (χ3n) is 6.60. The summed E-state index contributed by atoms with van der Waals surface area (Å²) in [6.45, 7) is 8.40. The summed E-state index contributed by atoms with van der Waals surface area (Å²) < 4.78 is 5.94. The Morgan fingerprint density at radius 2 is 1.96 bits per heavy atom. The lowest BCUT2D eigenvalue weighted by Gasteiger charge is -2.38. The molecule has 7 nitrogen and oxygen atoms in total. The van der Waals surface area contributed by atoms with E-state index < -0.39 is 0 Å². The van der Waals surface area contributed by atoms with Crippen molar-refractivity contribution in [1.82, 2.24) is 20.4 Å². The van der Waals surface area contributed by atoms with Gasteiger partial charge in [0.1, 0.15) is 0 Å². The number of fused-ring (bicyclic) bond motifs is 2. The third-order valence-corrected chi connectivity index (χ3v) is 6.60. The van der Waals surface area contributed by atoms with Crippen LogP contribution in [0.1, 0.15) is 45.4 Å². The second-order valence-electron chi connectivity index (χ2n) is 8.42. The molecule has 152 valence electrons. The number of hydrogen-bond acceptors (Lipinski definition) is 4. The number of hydrogen-bond donors (Lipinski definition) is 2. The Balaban J connectivity index is 1.18. The zero-order valence-electron chi connectivity index (χ0n) is 16.7. The lowest BCUT2D eigenvalue weighted by Crippen LogP contribution is -2.51. The summed E-state index contributed by atoms with van der Waals surface area (Å²) in [6.07, 6.45) is 7.73. The molecule has 7 heteroatoms. The summed E-state index contributed by atoms with van der Waals surface area (Å²) in [5.74, 6) is 1.63. The average molecular weight is 378 g/mol. The summed E-state index contributed by atoms with van der Waals surface area (Å²) >= 11 is 0. The molecule has 1 aliphatic carbocycles. The van der Waals surface area contributed by atoms with E-state index in [-0.39, 0.29) is 0 Å². The van der Waals surface area contributed by atoms with Gasteiger partial charge in [-0.2, -0.15) is 0 Å². The zero-order valence-corrected chi connectivity index (χ0v) is 16.7. The summed E-state index contributed by atoms with van der Waals surface area (Å²) in [5.41, 5.74) is 0. The summed E-state index contributed by atoms with van der Waals surface area (Å²) in [4.78, 5) is 21.6. The van der Waals surface area contributed by atoms with E-state index in [4.69, 9.17) is 9.73 Å². The van der Waals surface area contributed by atoms with Gasteiger partial charge in [0, 0.05) is 45.2 Å². The fraction of sp³-hybridized carbons (Fsp3) is 0.900. The Hall–Kier alpha value is -1.34. The number of piperazine rings is 1. The SMILES string of the molecule is CCNC(=NCCN1CCN(C(=O)C2CCC2)CC1)NC1CC2CCC1O2. The van der Waals surface area contributed by atoms with Crippen LogP contribution in [0.25, 0.3) is 0 Å². The standard InChI is InChI=1S/C20H35N5O2/c1-2-21-20(23-17-14-16-6-7-18(17)27-16)22-8-9-24-10-12-25(13-11-24)19(26)15-4-3-5-15/h15-18H,2-14H2,1H3,(H2,21,22,23). The first-order valence-corrected chi connectivity index (χ1v) is 10.9. The molecule has 0 aromatic rings. The van der Waals surface area contributed by atoms with Crippen molar-refractivity contribution in [2.24, 2.45) is 10.9 Å². The van der Waals surface area contributed by atoms with Crippen LogP contribution in [0.5, 0.6) is 0 Å². The molecule has 4 fully saturated rings. The normalized spacial score (nSPS) is 31.8. The number of amides is 1. The van der Waals surface area contributed by atoms with Crippen LogP contribution in [0.15, 0.2) is 4.99 Å². The van der Waals surface area contributed by atoms with Gasteiger partial charge in [-0.25, -0.2) is 0 Å². The third kappa shape index (κ3) is 4.57. The van der Waals surface area contributed by atoms with E-state index in [0.29, 0.717) is 30.1 Å². The first-order chi connectivity index (χ1) is 13.2. The van der Waals surface area contributed by atoms with Crippen LogP contribution in [-0.2, 0) is 9.53 Å². The first-order valence-electron chi connectivity index (χ1n) is 10.9. The predicted molar refractivity (Wildman–Crippen MR) is 106 cm³/mol. The number of ether oxygens (including phenoxy) is 1. The highest BCUT2D eigenvalue weighted by Gasteiger charge is 2.41. The van der Waals surface area contributed by atoms with Crippen LogP contribution in [0, 0.1) is 5.92 Å². The smallest absolute Gasteiger partial charge is 0.225 e. The molecule has 0 radical (unpaired) electrons. The highest BCUT2D eigenvalue weighted by atomic mass is 16.5. The number of carbonyl (C=O) groups is 1. The molecule has 3 heterocycles. The maximum absolute atomic E-state index is 12.3. The van der Waals surface area contributed by atoms with Gasteiger partial charge >= 0.3 is 0 Å². The van der Waals surface area contributed by atoms with Gasteiger partial charge in [0.15, 0.2) is 5.96 Å². The van der Waals surface area contributed by atoms with Crippen molar-refractivity contribution in [3.05, 3.63) is 0 Å². The van der Waals surface area contributed by atoms with Gasteiger partial charge in [0.05, 0.1) is 24.8 Å². The molecule has 0 spiro atoms. The second kappa shape index (κ2) is 8.78. The van der Waals surface area contributed by atoms with Gasteiger partial charge in [-0.05, 0) is 39.0 Å². The van der Waals surface area contributed by atoms with Crippen LogP contribution < -0.4 is 10.6 Å². The molecule has 4 aliphatic rings. The topological polar surface area (TPSA) is 69.2 Å². The Kier molecular flexibility index (Phi) is 6.18. The Morgan fingerprint density at radius 3 is 2.56 bits per heavy atom. The van der Waals surface area contributed by atoms with E-state index in [2.05, 4.69) is 27.4 Å². The maximum Gasteiger partial charge on any atom is 0.225 e. The minimum atomic E-state index is 0.324. The number of aliphatic imine (C=N–C) groups is 1. The van der Waals surface area contributed by atoms with Crippen molar-refractivity contribution in [2.75, 3.05) is 45.8 Å². The second-order valence-corrected chi connectivity index (χ2v) is 8.42. The molecule has 1 amide bonds. The molecule has 3 saturated heterocycles. The molecular weight excluding hydrogens is 342 g/mol. The van der Waals surface area contributed by atoms with Crippen molar-refractivity contribution < 1.29 is 9.53 Å². The van der Waals surface area contributed by atoms with Crippen molar-refractivity contribution in [3.8, 4) is 0 Å². The van der Waals surface area contributed by atoms with Crippen LogP contribution in [0.4, 0.5) is 0 Å². The lowest BCUT2D eigenvalue weighted by atomic mass is 9.84. The highest BCUT2D eigenvalue weighted by molar-refractivity contribution is 5.80. The van der Waals surface area contributed by atoms with E-state index in [1.165, 1.54) is 19.3 Å². The van der Waals surface area contributed by atoms with Gasteiger partial charge in [0.25, 0.3) is 0 Å². The van der Waals surface area contributed by atoms with Gasteiger partial charge < -0.3 is 20.3 Å². The number of nitrogens with zero attached hydrogens (tertiary/aromatic N) is 3. The summed E-state index contributed by atoms with van der Waals surface area (Å²) in [6, 6.07) is 0.405. The van der Waals surface area contributed by atoms with Crippen molar-refractivity contribution in [3.63, 3.8) is 0 Å². The molecule has 3 atom stereocenters. The molecule has 0 aromatic carbocycles. The molecule has 3 unspecified atom stereocenters. The lowest BCUT2D eigenvalue weighted by molar-refractivity contribution is -0.139. The maximum atomic E-state index is 12.3. The molecule has 3 aliphatic heterocycles. The van der Waals surface area contributed by atoms with Crippen LogP contribution >= 0.6 is 0 Å². The summed E-state index contributed by atoms with van der Waals surface area (Å²) in [7, 11) is 0. The Labute approximate surface area is 162 Å². The molecular formula is C20H35N5O2. The molecule has 27 heavy (non-hydrogen) atoms. The monoisotopic (exact) mass is 377 g/mol. The highest BCUT2D eigenvalue weighted by Crippen LogP contribution is 2.34. The van der Waals surface area contributed by atoms with E-state index in [9.17, 15) is 4.79 Å². The average Bonchev–Trinajstić information content (AvgIpc) is 3.24. The molecule has 4 rings (SSSR count). The predicted octanol–water partition coefficient (Wildman–Crippen LogP) is 0.806. The molecule has 0 aromatic heterocycles. The molecule has 1 saturated carbocycles. The molecule has 2 N–H and O–H groups in total. The number of nitrogens with one attached hydrogen (secondary N) is 2. The van der Waals surface area contributed by atoms with Crippen LogP contribution in [0.2, 0.25) is 0 Å². The van der Waals surface area contributed by atoms with E-state index in [1.54, 1.807) is 0 Å². The minimum absolute atomic E-state index is 0.324. The van der Waals surface area contributed by atoms with Crippen molar-refractivity contribution in [1.29, 1.82) is 0 Å². The van der Waals surface area contributed by atoms with Crippen LogP contribution in [-0.4, -0.2) is 85.7 Å². The van der Waals surface area contributed by atoms with E-state index in [0.717, 1.165) is 71.0 Å². The van der Waals surface area contributed by atoms with Crippen molar-refractivity contribution in [2.45, 2.75) is 63.7 Å². The van der Waals surface area contributed by atoms with E-state index in [1.807, 2.05) is 0 Å². The number of rotatable bonds is 6. The first kappa shape index (κ1) is 19.0. The fourth-order valence-electron chi connectivity index (χ4n) is 4.69. The van der Waals surface area contributed by atoms with Gasteiger partial charge in [-0.3, -0.25) is 14.7 Å². The van der Waals surface area contributed by atoms with Gasteiger partial charge in [0.2, 0.25) is 5.91 Å². The van der Waals surface area contributed by atoms with Crippen LogP contribution in [0.3, 0.4) is 0 Å². The zero-order chi connectivity index (χ0) is 18.6. The quantitative estimate of drug-likeness (QED) is 0.529. The fourth-order valence-corrected chi connectivity index (χ4v) is 4.69. The number of carbonyl (C=O) groups excluding carboxylic acids is 1.